The molecule has 3 N–H and O–H groups in total. The van der Waals surface area contributed by atoms with E-state index in [0.717, 1.165) is 29.9 Å². The van der Waals surface area contributed by atoms with Gasteiger partial charge in [0.25, 0.3) is 5.91 Å². The molecule has 0 aromatic heterocycles. The van der Waals surface area contributed by atoms with Crippen molar-refractivity contribution in [2.24, 2.45) is 4.99 Å². The van der Waals surface area contributed by atoms with Gasteiger partial charge in [-0.25, -0.2) is 0 Å². The van der Waals surface area contributed by atoms with Gasteiger partial charge in [-0.15, -0.1) is 24.0 Å². The second kappa shape index (κ2) is 12.7. The maximum Gasteiger partial charge on any atom is 0.251 e. The molecule has 1 aromatic carbocycles. The number of nitrogens with one attached hydrogen (secondary N) is 3. The number of rotatable bonds is 7. The average Bonchev–Trinajstić information content (AvgIpc) is 2.47. The van der Waals surface area contributed by atoms with Gasteiger partial charge in [-0.1, -0.05) is 22.0 Å². The van der Waals surface area contributed by atoms with Crippen molar-refractivity contribution in [3.05, 3.63) is 34.3 Å². The Morgan fingerprint density at radius 3 is 2.45 bits per heavy atom. The van der Waals surface area contributed by atoms with E-state index in [0.29, 0.717) is 18.7 Å². The third-order valence-electron chi connectivity index (χ3n) is 2.67. The lowest BCUT2D eigenvalue weighted by molar-refractivity contribution is 0.0953. The maximum absolute atomic E-state index is 11.9. The van der Waals surface area contributed by atoms with Gasteiger partial charge in [0.05, 0.1) is 0 Å². The molecule has 0 aliphatic heterocycles. The van der Waals surface area contributed by atoms with Crippen LogP contribution in [0.25, 0.3) is 0 Å². The van der Waals surface area contributed by atoms with Crippen LogP contribution in [0.3, 0.4) is 0 Å². The second-order valence-corrected chi connectivity index (χ2v) is 5.33. The predicted molar refractivity (Wildman–Crippen MR) is 106 cm³/mol. The Morgan fingerprint density at radius 1 is 1.18 bits per heavy atom. The monoisotopic (exact) mass is 482 g/mol. The molecular formula is C15H24BrIN4O. The average molecular weight is 483 g/mol. The molecule has 0 radical (unpaired) electrons. The first-order chi connectivity index (χ1) is 10.2. The van der Waals surface area contributed by atoms with Crippen LogP contribution < -0.4 is 16.0 Å². The molecule has 5 nitrogen and oxygen atoms in total. The van der Waals surface area contributed by atoms with Crippen LogP contribution in [-0.4, -0.2) is 38.0 Å². The van der Waals surface area contributed by atoms with Gasteiger partial charge in [-0.3, -0.25) is 9.79 Å². The van der Waals surface area contributed by atoms with Crippen molar-refractivity contribution in [2.75, 3.05) is 26.2 Å². The Hall–Kier alpha value is -0.830. The molecule has 1 aromatic rings. The van der Waals surface area contributed by atoms with Gasteiger partial charge in [0.2, 0.25) is 0 Å². The zero-order valence-corrected chi connectivity index (χ0v) is 16.9. The minimum atomic E-state index is -0.0566. The van der Waals surface area contributed by atoms with Gasteiger partial charge in [-0.05, 0) is 38.5 Å². The second-order valence-electron chi connectivity index (χ2n) is 4.41. The number of amides is 1. The van der Waals surface area contributed by atoms with Gasteiger partial charge in [0, 0.05) is 36.2 Å². The van der Waals surface area contributed by atoms with E-state index in [9.17, 15) is 4.79 Å². The van der Waals surface area contributed by atoms with E-state index >= 15 is 0 Å². The third-order valence-corrected chi connectivity index (χ3v) is 3.16. The molecule has 0 saturated carbocycles. The molecule has 124 valence electrons. The molecule has 0 bridgehead atoms. The Labute approximate surface area is 157 Å². The standard InChI is InChI=1S/C15H23BrN4O.HI/c1-3-17-15(18-4-2)20-10-6-9-19-14(21)12-7-5-8-13(16)11-12;/h5,7-8,11H,3-4,6,9-10H2,1-2H3,(H,19,21)(H2,17,18,20);1H. The molecule has 1 amide bonds. The number of carbonyl (C=O) groups is 1. The summed E-state index contributed by atoms with van der Waals surface area (Å²) in [5, 5.41) is 9.22. The van der Waals surface area contributed by atoms with E-state index in [4.69, 9.17) is 0 Å². The lowest BCUT2D eigenvalue weighted by atomic mass is 10.2. The first-order valence-corrected chi connectivity index (χ1v) is 8.02. The van der Waals surface area contributed by atoms with Crippen molar-refractivity contribution in [2.45, 2.75) is 20.3 Å². The lowest BCUT2D eigenvalue weighted by Crippen LogP contribution is -2.37. The van der Waals surface area contributed by atoms with E-state index in [-0.39, 0.29) is 29.9 Å². The number of carbonyl (C=O) groups excluding carboxylic acids is 1. The normalized spacial score (nSPS) is 9.41. The van der Waals surface area contributed by atoms with Crippen LogP contribution >= 0.6 is 39.9 Å². The summed E-state index contributed by atoms with van der Waals surface area (Å²) in [6.07, 6.45) is 0.806. The first kappa shape index (κ1) is 21.2. The Balaban J connectivity index is 0.00000441. The van der Waals surface area contributed by atoms with Crippen LogP contribution in [0.1, 0.15) is 30.6 Å². The molecule has 7 heteroatoms. The maximum atomic E-state index is 11.9. The minimum absolute atomic E-state index is 0. The zero-order chi connectivity index (χ0) is 15.5. The van der Waals surface area contributed by atoms with Gasteiger partial charge >= 0.3 is 0 Å². The molecule has 0 unspecified atom stereocenters. The summed E-state index contributed by atoms with van der Waals surface area (Å²) in [6.45, 7) is 7.03. The SMILES string of the molecule is CCNC(=NCCCNC(=O)c1cccc(Br)c1)NCC.I. The molecule has 1 rings (SSSR count). The Morgan fingerprint density at radius 2 is 1.86 bits per heavy atom. The number of halogens is 2. The highest BCUT2D eigenvalue weighted by Crippen LogP contribution is 2.11. The fourth-order valence-corrected chi connectivity index (χ4v) is 2.11. The third kappa shape index (κ3) is 8.57. The predicted octanol–water partition coefficient (Wildman–Crippen LogP) is 2.76. The Kier molecular flexibility index (Phi) is 12.2. The molecule has 0 aliphatic rings. The fourth-order valence-electron chi connectivity index (χ4n) is 1.71. The molecule has 0 saturated heterocycles. The molecule has 0 aliphatic carbocycles. The summed E-state index contributed by atoms with van der Waals surface area (Å²) < 4.78 is 0.903. The number of hydrogen-bond acceptors (Lipinski definition) is 2. The van der Waals surface area contributed by atoms with Crippen LogP contribution in [0.4, 0.5) is 0 Å². The van der Waals surface area contributed by atoms with E-state index in [1.54, 1.807) is 6.07 Å². The summed E-state index contributed by atoms with van der Waals surface area (Å²) in [5.74, 6) is 0.761. The number of nitrogens with zero attached hydrogens (tertiary/aromatic N) is 1. The summed E-state index contributed by atoms with van der Waals surface area (Å²) >= 11 is 3.36. The molecule has 22 heavy (non-hydrogen) atoms. The smallest absolute Gasteiger partial charge is 0.251 e. The van der Waals surface area contributed by atoms with Gasteiger partial charge < -0.3 is 16.0 Å². The largest absolute Gasteiger partial charge is 0.357 e. The van der Waals surface area contributed by atoms with Crippen LogP contribution in [0, 0.1) is 0 Å². The van der Waals surface area contributed by atoms with Crippen LogP contribution in [0.5, 0.6) is 0 Å². The van der Waals surface area contributed by atoms with Crippen LogP contribution in [0.2, 0.25) is 0 Å². The number of guanidine groups is 1. The van der Waals surface area contributed by atoms with E-state index in [2.05, 4.69) is 36.9 Å². The fraction of sp³-hybridized carbons (Fsp3) is 0.467. The highest BCUT2D eigenvalue weighted by atomic mass is 127. The van der Waals surface area contributed by atoms with Crippen LogP contribution in [0.15, 0.2) is 33.7 Å². The molecule has 0 fully saturated rings. The highest BCUT2D eigenvalue weighted by molar-refractivity contribution is 14.0. The molecule has 0 heterocycles. The van der Waals surface area contributed by atoms with Crippen molar-refractivity contribution in [3.63, 3.8) is 0 Å². The topological polar surface area (TPSA) is 65.5 Å². The van der Waals surface area contributed by atoms with Gasteiger partial charge in [0.1, 0.15) is 0 Å². The van der Waals surface area contributed by atoms with Crippen molar-refractivity contribution < 1.29 is 4.79 Å². The van der Waals surface area contributed by atoms with Crippen molar-refractivity contribution in [1.82, 2.24) is 16.0 Å². The van der Waals surface area contributed by atoms with Gasteiger partial charge in [0.15, 0.2) is 5.96 Å². The number of aliphatic imine (C=N–C) groups is 1. The summed E-state index contributed by atoms with van der Waals surface area (Å²) in [7, 11) is 0. The summed E-state index contributed by atoms with van der Waals surface area (Å²) in [6, 6.07) is 7.35. The minimum Gasteiger partial charge on any atom is -0.357 e. The van der Waals surface area contributed by atoms with E-state index < -0.39 is 0 Å². The lowest BCUT2D eigenvalue weighted by Gasteiger charge is -2.09. The van der Waals surface area contributed by atoms with Crippen molar-refractivity contribution in [3.8, 4) is 0 Å². The van der Waals surface area contributed by atoms with Crippen molar-refractivity contribution >= 4 is 51.8 Å². The first-order valence-electron chi connectivity index (χ1n) is 7.23. The number of hydrogen-bond donors (Lipinski definition) is 3. The summed E-state index contributed by atoms with van der Waals surface area (Å²) in [5.41, 5.74) is 0.661. The molecular weight excluding hydrogens is 459 g/mol. The van der Waals surface area contributed by atoms with E-state index in [1.807, 2.05) is 32.0 Å². The summed E-state index contributed by atoms with van der Waals surface area (Å²) in [4.78, 5) is 16.3. The Bertz CT molecular complexity index is 474. The molecule has 0 atom stereocenters. The van der Waals surface area contributed by atoms with Crippen molar-refractivity contribution in [1.29, 1.82) is 0 Å². The molecule has 0 spiro atoms. The van der Waals surface area contributed by atoms with Crippen LogP contribution in [-0.2, 0) is 0 Å². The quantitative estimate of drug-likeness (QED) is 0.242. The van der Waals surface area contributed by atoms with E-state index in [1.165, 1.54) is 0 Å². The number of benzene rings is 1. The highest BCUT2D eigenvalue weighted by Gasteiger charge is 2.04. The zero-order valence-electron chi connectivity index (χ0n) is 13.0. The van der Waals surface area contributed by atoms with Gasteiger partial charge in [-0.2, -0.15) is 0 Å².